The van der Waals surface area contributed by atoms with Gasteiger partial charge in [0.2, 0.25) is 0 Å². The van der Waals surface area contributed by atoms with Gasteiger partial charge >= 0.3 is 19.8 Å². The third kappa shape index (κ3) is 36.8. The Bertz CT molecular complexity index is 930. The van der Waals surface area contributed by atoms with Crippen LogP contribution in [0.15, 0.2) is 24.3 Å². The molecule has 0 radical (unpaired) electrons. The number of aliphatic hydroxyl groups excluding tert-OH is 1. The monoisotopic (exact) mass is 760 g/mol. The molecule has 0 fully saturated rings. The molecule has 11 heteroatoms. The summed E-state index contributed by atoms with van der Waals surface area (Å²) in [7, 11) is -4.39. The first-order valence-electron chi connectivity index (χ1n) is 20.9. The number of carbonyl (C=O) groups is 2. The van der Waals surface area contributed by atoms with Gasteiger partial charge in [-0.1, -0.05) is 134 Å². The van der Waals surface area contributed by atoms with Crippen LogP contribution in [0.5, 0.6) is 0 Å². The first-order valence-corrected chi connectivity index (χ1v) is 22.4. The van der Waals surface area contributed by atoms with Gasteiger partial charge in [0, 0.05) is 19.4 Å². The molecule has 0 rings (SSSR count). The van der Waals surface area contributed by atoms with Crippen molar-refractivity contribution >= 4 is 19.8 Å². The van der Waals surface area contributed by atoms with Crippen molar-refractivity contribution in [2.45, 2.75) is 199 Å². The molecule has 306 valence electrons. The van der Waals surface area contributed by atoms with Gasteiger partial charge < -0.3 is 25.2 Å². The molecule has 4 N–H and O–H groups in total. The fourth-order valence-corrected chi connectivity index (χ4v) is 6.46. The predicted octanol–water partition coefficient (Wildman–Crippen LogP) is 10.6. The standard InChI is InChI=1S/C41H78NO9P/c1-3-5-7-9-11-12-13-14-15-16-17-18-19-24-28-32-40(44)48-36-39(37-50-52(46,47)49-35-34-42)51-41(45)33-29-25-21-20-23-27-31-38(43)30-26-22-10-8-6-4-2/h14-15,22,26,38-39,43H,3-13,16-21,23-25,27-37,42H2,1-2H3,(H,46,47)/b15-14-,26-22+. The van der Waals surface area contributed by atoms with Gasteiger partial charge in [-0.15, -0.1) is 0 Å². The van der Waals surface area contributed by atoms with Crippen molar-refractivity contribution in [2.75, 3.05) is 26.4 Å². The van der Waals surface area contributed by atoms with Crippen molar-refractivity contribution in [1.29, 1.82) is 0 Å². The Morgan fingerprint density at radius 1 is 0.635 bits per heavy atom. The van der Waals surface area contributed by atoms with Crippen molar-refractivity contribution in [3.8, 4) is 0 Å². The summed E-state index contributed by atoms with van der Waals surface area (Å²) in [5.41, 5.74) is 5.33. The quantitative estimate of drug-likeness (QED) is 0.0239. The van der Waals surface area contributed by atoms with E-state index in [1.807, 2.05) is 0 Å². The lowest BCUT2D eigenvalue weighted by molar-refractivity contribution is -0.161. The van der Waals surface area contributed by atoms with E-state index in [1.165, 1.54) is 64.2 Å². The van der Waals surface area contributed by atoms with E-state index in [2.05, 4.69) is 38.2 Å². The topological polar surface area (TPSA) is 155 Å². The maximum Gasteiger partial charge on any atom is 0.472 e. The van der Waals surface area contributed by atoms with Crippen LogP contribution in [0.2, 0.25) is 0 Å². The van der Waals surface area contributed by atoms with Gasteiger partial charge in [0.1, 0.15) is 6.61 Å². The minimum Gasteiger partial charge on any atom is -0.462 e. The van der Waals surface area contributed by atoms with E-state index in [9.17, 15) is 24.2 Å². The maximum atomic E-state index is 12.6. The number of rotatable bonds is 39. The van der Waals surface area contributed by atoms with Crippen molar-refractivity contribution in [1.82, 2.24) is 0 Å². The first-order chi connectivity index (χ1) is 25.2. The minimum atomic E-state index is -4.39. The molecule has 0 bridgehead atoms. The van der Waals surface area contributed by atoms with Crippen molar-refractivity contribution in [3.63, 3.8) is 0 Å². The molecule has 0 aliphatic rings. The molecule has 0 spiro atoms. The molecule has 0 saturated heterocycles. The van der Waals surface area contributed by atoms with Crippen LogP contribution in [0.25, 0.3) is 0 Å². The highest BCUT2D eigenvalue weighted by Gasteiger charge is 2.26. The Hall–Kier alpha value is -1.55. The number of aliphatic hydroxyl groups is 1. The zero-order valence-electron chi connectivity index (χ0n) is 33.2. The molecule has 0 aromatic rings. The summed E-state index contributed by atoms with van der Waals surface area (Å²) < 4.78 is 32.7. The van der Waals surface area contributed by atoms with Gasteiger partial charge in [0.25, 0.3) is 0 Å². The molecule has 0 amide bonds. The summed E-state index contributed by atoms with van der Waals surface area (Å²) in [6.07, 6.45) is 35.0. The lowest BCUT2D eigenvalue weighted by Crippen LogP contribution is -2.29. The van der Waals surface area contributed by atoms with E-state index in [4.69, 9.17) is 24.3 Å². The lowest BCUT2D eigenvalue weighted by atomic mass is 10.0. The van der Waals surface area contributed by atoms with E-state index >= 15 is 0 Å². The largest absolute Gasteiger partial charge is 0.472 e. The molecule has 0 aromatic heterocycles. The summed E-state index contributed by atoms with van der Waals surface area (Å²) in [6.45, 7) is 3.59. The first kappa shape index (κ1) is 50.5. The number of nitrogens with two attached hydrogens (primary N) is 1. The summed E-state index contributed by atoms with van der Waals surface area (Å²) in [5.74, 6) is -0.889. The molecule has 10 nitrogen and oxygen atoms in total. The van der Waals surface area contributed by atoms with Gasteiger partial charge in [-0.25, -0.2) is 4.57 Å². The second-order valence-electron chi connectivity index (χ2n) is 14.0. The Labute approximate surface area is 317 Å². The zero-order chi connectivity index (χ0) is 38.4. The lowest BCUT2D eigenvalue weighted by Gasteiger charge is -2.19. The van der Waals surface area contributed by atoms with Crippen LogP contribution in [0.4, 0.5) is 0 Å². The van der Waals surface area contributed by atoms with E-state index in [0.717, 1.165) is 77.0 Å². The van der Waals surface area contributed by atoms with Gasteiger partial charge in [-0.2, -0.15) is 0 Å². The molecule has 0 aromatic carbocycles. The Kier molecular flexibility index (Phi) is 36.6. The van der Waals surface area contributed by atoms with Crippen LogP contribution < -0.4 is 5.73 Å². The SMILES string of the molecule is CCCCC/C=C/CC(O)CCCCCCCCC(=O)OC(COC(=O)CCCCCCC/C=C\CCCCCCCC)COP(=O)(O)OCCN. The molecular formula is C41H78NO9P. The predicted molar refractivity (Wildman–Crippen MR) is 212 cm³/mol. The number of allylic oxidation sites excluding steroid dienone is 3. The minimum absolute atomic E-state index is 0.0408. The van der Waals surface area contributed by atoms with Crippen molar-refractivity contribution < 1.29 is 42.7 Å². The Balaban J connectivity index is 4.24. The highest BCUT2D eigenvalue weighted by molar-refractivity contribution is 7.47. The fourth-order valence-electron chi connectivity index (χ4n) is 5.70. The van der Waals surface area contributed by atoms with Crippen LogP contribution in [-0.2, 0) is 32.7 Å². The van der Waals surface area contributed by atoms with Crippen LogP contribution in [-0.4, -0.2) is 60.5 Å². The van der Waals surface area contributed by atoms with Crippen LogP contribution in [0.1, 0.15) is 187 Å². The van der Waals surface area contributed by atoms with Crippen molar-refractivity contribution in [2.24, 2.45) is 5.73 Å². The zero-order valence-corrected chi connectivity index (χ0v) is 34.1. The number of hydrogen-bond acceptors (Lipinski definition) is 9. The average Bonchev–Trinajstić information content (AvgIpc) is 3.12. The van der Waals surface area contributed by atoms with Gasteiger partial charge in [-0.05, 0) is 64.2 Å². The number of phosphoric acid groups is 1. The van der Waals surface area contributed by atoms with Crippen molar-refractivity contribution in [3.05, 3.63) is 24.3 Å². The normalized spacial score (nSPS) is 14.2. The van der Waals surface area contributed by atoms with Gasteiger partial charge in [-0.3, -0.25) is 18.6 Å². The highest BCUT2D eigenvalue weighted by Crippen LogP contribution is 2.43. The van der Waals surface area contributed by atoms with Crippen LogP contribution in [0, 0.1) is 0 Å². The molecule has 52 heavy (non-hydrogen) atoms. The summed E-state index contributed by atoms with van der Waals surface area (Å²) in [5, 5.41) is 10.2. The van der Waals surface area contributed by atoms with E-state index in [1.54, 1.807) is 0 Å². The molecule has 0 aliphatic heterocycles. The second kappa shape index (κ2) is 37.8. The number of esters is 2. The van der Waals surface area contributed by atoms with Gasteiger partial charge in [0.05, 0.1) is 19.3 Å². The molecule has 3 unspecified atom stereocenters. The van der Waals surface area contributed by atoms with E-state index in [0.29, 0.717) is 19.3 Å². The Morgan fingerprint density at radius 2 is 1.12 bits per heavy atom. The highest BCUT2D eigenvalue weighted by atomic mass is 31.2. The number of ether oxygens (including phenoxy) is 2. The average molecular weight is 760 g/mol. The summed E-state index contributed by atoms with van der Waals surface area (Å²) in [4.78, 5) is 34.8. The fraction of sp³-hybridized carbons (Fsp3) is 0.854. The Morgan fingerprint density at radius 3 is 1.71 bits per heavy atom. The molecule has 0 heterocycles. The summed E-state index contributed by atoms with van der Waals surface area (Å²) >= 11 is 0. The smallest absolute Gasteiger partial charge is 0.462 e. The molecule has 3 atom stereocenters. The number of carbonyl (C=O) groups excluding carboxylic acids is 2. The molecular weight excluding hydrogens is 681 g/mol. The van der Waals surface area contributed by atoms with Crippen LogP contribution >= 0.6 is 7.82 Å². The number of unbranched alkanes of at least 4 members (excludes halogenated alkanes) is 19. The van der Waals surface area contributed by atoms with E-state index < -0.39 is 32.5 Å². The molecule has 0 saturated carbocycles. The van der Waals surface area contributed by atoms with E-state index in [-0.39, 0.29) is 38.7 Å². The maximum absolute atomic E-state index is 12.6. The second-order valence-corrected chi connectivity index (χ2v) is 15.5. The summed E-state index contributed by atoms with van der Waals surface area (Å²) in [6, 6.07) is 0. The third-order valence-corrected chi connectivity index (χ3v) is 9.87. The van der Waals surface area contributed by atoms with Crippen LogP contribution in [0.3, 0.4) is 0 Å². The number of phosphoric ester groups is 1. The number of hydrogen-bond donors (Lipinski definition) is 3. The third-order valence-electron chi connectivity index (χ3n) is 8.88. The van der Waals surface area contributed by atoms with Gasteiger partial charge in [0.15, 0.2) is 6.10 Å². The molecule has 0 aliphatic carbocycles.